The molecule has 17 heavy (non-hydrogen) atoms. The Labute approximate surface area is 105 Å². The molecular formula is C11H18N4OS. The summed E-state index contributed by atoms with van der Waals surface area (Å²) < 4.78 is 0. The number of anilines is 1. The molecule has 1 aromatic rings. The van der Waals surface area contributed by atoms with Crippen LogP contribution in [0.2, 0.25) is 0 Å². The Bertz CT molecular complexity index is 373. The van der Waals surface area contributed by atoms with Crippen LogP contribution in [0.15, 0.2) is 5.38 Å². The third kappa shape index (κ3) is 3.76. The number of carbonyl (C=O) groups is 1. The Hall–Kier alpha value is -0.980. The summed E-state index contributed by atoms with van der Waals surface area (Å²) in [7, 11) is 0. The van der Waals surface area contributed by atoms with Crippen LogP contribution in [0.1, 0.15) is 25.0 Å². The number of piperidine rings is 1. The smallest absolute Gasteiger partial charge is 0.239 e. The standard InChI is InChI=1S/C11H18N4OS/c12-6-10(16)14-11-13-9(8-17-11)7-15-4-2-1-3-5-15/h8H,1-7,12H2,(H,13,14,16). The number of carbonyl (C=O) groups excluding carboxylic acids is 1. The molecular weight excluding hydrogens is 236 g/mol. The molecule has 1 fully saturated rings. The van der Waals surface area contributed by atoms with E-state index in [0.717, 1.165) is 25.3 Å². The van der Waals surface area contributed by atoms with Crippen molar-refractivity contribution in [3.63, 3.8) is 0 Å². The van der Waals surface area contributed by atoms with E-state index in [1.54, 1.807) is 0 Å². The molecule has 6 heteroatoms. The maximum Gasteiger partial charge on any atom is 0.239 e. The molecule has 0 aliphatic carbocycles. The highest BCUT2D eigenvalue weighted by atomic mass is 32.1. The largest absolute Gasteiger partial charge is 0.322 e. The molecule has 1 saturated heterocycles. The zero-order chi connectivity index (χ0) is 12.1. The summed E-state index contributed by atoms with van der Waals surface area (Å²) in [5.41, 5.74) is 6.26. The van der Waals surface area contributed by atoms with Crippen LogP contribution >= 0.6 is 11.3 Å². The average Bonchev–Trinajstić information content (AvgIpc) is 2.77. The number of aromatic nitrogens is 1. The fourth-order valence-electron chi connectivity index (χ4n) is 1.95. The fourth-order valence-corrected chi connectivity index (χ4v) is 2.67. The van der Waals surface area contributed by atoms with E-state index in [4.69, 9.17) is 5.73 Å². The number of hydrogen-bond acceptors (Lipinski definition) is 5. The Kier molecular flexibility index (Phi) is 4.47. The Morgan fingerprint density at radius 1 is 1.47 bits per heavy atom. The first kappa shape index (κ1) is 12.5. The van der Waals surface area contributed by atoms with Gasteiger partial charge in [0.15, 0.2) is 5.13 Å². The van der Waals surface area contributed by atoms with Crippen molar-refractivity contribution in [2.24, 2.45) is 5.73 Å². The van der Waals surface area contributed by atoms with Crippen LogP contribution in [0.25, 0.3) is 0 Å². The molecule has 1 aromatic heterocycles. The van der Waals surface area contributed by atoms with Gasteiger partial charge in [0.05, 0.1) is 12.2 Å². The van der Waals surface area contributed by atoms with Gasteiger partial charge in [0, 0.05) is 11.9 Å². The third-order valence-corrected chi connectivity index (χ3v) is 3.62. The normalized spacial score (nSPS) is 17.0. The second-order valence-electron chi connectivity index (χ2n) is 4.23. The van der Waals surface area contributed by atoms with Crippen LogP contribution in [0.5, 0.6) is 0 Å². The number of hydrogen-bond donors (Lipinski definition) is 2. The summed E-state index contributed by atoms with van der Waals surface area (Å²) in [6, 6.07) is 0. The van der Waals surface area contributed by atoms with E-state index in [1.807, 2.05) is 5.38 Å². The molecule has 2 rings (SSSR count). The SMILES string of the molecule is NCC(=O)Nc1nc(CN2CCCCC2)cs1. The summed E-state index contributed by atoms with van der Waals surface area (Å²) in [6.45, 7) is 3.19. The van der Waals surface area contributed by atoms with Crippen LogP contribution < -0.4 is 11.1 Å². The lowest BCUT2D eigenvalue weighted by Crippen LogP contribution is -2.29. The molecule has 0 radical (unpaired) electrons. The Morgan fingerprint density at radius 2 is 2.24 bits per heavy atom. The van der Waals surface area contributed by atoms with Gasteiger partial charge in [0.1, 0.15) is 0 Å². The quantitative estimate of drug-likeness (QED) is 0.841. The van der Waals surface area contributed by atoms with Crippen LogP contribution in [0.4, 0.5) is 5.13 Å². The monoisotopic (exact) mass is 254 g/mol. The first-order valence-corrected chi connectivity index (χ1v) is 6.82. The van der Waals surface area contributed by atoms with Gasteiger partial charge in [-0.15, -0.1) is 11.3 Å². The second kappa shape index (κ2) is 6.09. The number of likely N-dealkylation sites (tertiary alicyclic amines) is 1. The van der Waals surface area contributed by atoms with Crippen molar-refractivity contribution >= 4 is 22.4 Å². The first-order valence-electron chi connectivity index (χ1n) is 5.94. The maximum absolute atomic E-state index is 11.1. The minimum atomic E-state index is -0.191. The van der Waals surface area contributed by atoms with E-state index in [2.05, 4.69) is 15.2 Å². The van der Waals surface area contributed by atoms with Crippen molar-refractivity contribution in [1.29, 1.82) is 0 Å². The molecule has 5 nitrogen and oxygen atoms in total. The van der Waals surface area contributed by atoms with Crippen LogP contribution in [0.3, 0.4) is 0 Å². The molecule has 2 heterocycles. The van der Waals surface area contributed by atoms with Crippen LogP contribution in [-0.2, 0) is 11.3 Å². The highest BCUT2D eigenvalue weighted by Gasteiger charge is 2.12. The van der Waals surface area contributed by atoms with Gasteiger partial charge < -0.3 is 11.1 Å². The lowest BCUT2D eigenvalue weighted by atomic mass is 10.1. The van der Waals surface area contributed by atoms with Gasteiger partial charge in [-0.05, 0) is 25.9 Å². The minimum Gasteiger partial charge on any atom is -0.322 e. The fraction of sp³-hybridized carbons (Fsp3) is 0.636. The van der Waals surface area contributed by atoms with Crippen molar-refractivity contribution in [3.05, 3.63) is 11.1 Å². The molecule has 1 aliphatic heterocycles. The number of nitrogens with zero attached hydrogens (tertiary/aromatic N) is 2. The van der Waals surface area contributed by atoms with E-state index in [9.17, 15) is 4.79 Å². The van der Waals surface area contributed by atoms with E-state index in [0.29, 0.717) is 5.13 Å². The van der Waals surface area contributed by atoms with Gasteiger partial charge in [-0.25, -0.2) is 4.98 Å². The Balaban J connectivity index is 1.86. The predicted octanol–water partition coefficient (Wildman–Crippen LogP) is 1.03. The van der Waals surface area contributed by atoms with E-state index in [-0.39, 0.29) is 12.5 Å². The average molecular weight is 254 g/mol. The molecule has 0 bridgehead atoms. The zero-order valence-corrected chi connectivity index (χ0v) is 10.6. The number of amides is 1. The number of thiazole rings is 1. The lowest BCUT2D eigenvalue weighted by Gasteiger charge is -2.25. The molecule has 0 atom stereocenters. The highest BCUT2D eigenvalue weighted by molar-refractivity contribution is 7.13. The van der Waals surface area contributed by atoms with Crippen molar-refractivity contribution in [2.75, 3.05) is 25.0 Å². The highest BCUT2D eigenvalue weighted by Crippen LogP contribution is 2.18. The number of nitrogens with one attached hydrogen (secondary N) is 1. The lowest BCUT2D eigenvalue weighted by molar-refractivity contribution is -0.114. The van der Waals surface area contributed by atoms with Gasteiger partial charge in [-0.1, -0.05) is 6.42 Å². The van der Waals surface area contributed by atoms with Gasteiger partial charge in [0.2, 0.25) is 5.91 Å². The summed E-state index contributed by atoms with van der Waals surface area (Å²) in [6.07, 6.45) is 3.90. The van der Waals surface area contributed by atoms with Crippen molar-refractivity contribution < 1.29 is 4.79 Å². The van der Waals surface area contributed by atoms with Gasteiger partial charge >= 0.3 is 0 Å². The number of rotatable bonds is 4. The molecule has 0 aromatic carbocycles. The van der Waals surface area contributed by atoms with E-state index in [1.165, 1.54) is 30.6 Å². The van der Waals surface area contributed by atoms with Crippen molar-refractivity contribution in [2.45, 2.75) is 25.8 Å². The van der Waals surface area contributed by atoms with E-state index >= 15 is 0 Å². The van der Waals surface area contributed by atoms with Crippen LogP contribution in [0, 0.1) is 0 Å². The summed E-state index contributed by atoms with van der Waals surface area (Å²) in [5.74, 6) is -0.191. The summed E-state index contributed by atoms with van der Waals surface area (Å²) in [4.78, 5) is 17.9. The molecule has 3 N–H and O–H groups in total. The van der Waals surface area contributed by atoms with Gasteiger partial charge in [-0.2, -0.15) is 0 Å². The predicted molar refractivity (Wildman–Crippen MR) is 68.9 cm³/mol. The molecule has 0 saturated carbocycles. The minimum absolute atomic E-state index is 0.00103. The zero-order valence-electron chi connectivity index (χ0n) is 9.82. The van der Waals surface area contributed by atoms with Gasteiger partial charge in [-0.3, -0.25) is 9.69 Å². The van der Waals surface area contributed by atoms with Crippen molar-refractivity contribution in [3.8, 4) is 0 Å². The molecule has 1 amide bonds. The molecule has 0 spiro atoms. The van der Waals surface area contributed by atoms with Crippen LogP contribution in [-0.4, -0.2) is 35.4 Å². The van der Waals surface area contributed by atoms with Crippen molar-refractivity contribution in [1.82, 2.24) is 9.88 Å². The third-order valence-electron chi connectivity index (χ3n) is 2.82. The summed E-state index contributed by atoms with van der Waals surface area (Å²) >= 11 is 1.46. The Morgan fingerprint density at radius 3 is 2.94 bits per heavy atom. The second-order valence-corrected chi connectivity index (χ2v) is 5.09. The summed E-state index contributed by atoms with van der Waals surface area (Å²) in [5, 5.41) is 5.32. The first-order chi connectivity index (χ1) is 8.28. The molecule has 0 unspecified atom stereocenters. The number of nitrogens with two attached hydrogens (primary N) is 1. The topological polar surface area (TPSA) is 71.2 Å². The van der Waals surface area contributed by atoms with E-state index < -0.39 is 0 Å². The maximum atomic E-state index is 11.1. The van der Waals surface area contributed by atoms with Gasteiger partial charge in [0.25, 0.3) is 0 Å². The molecule has 1 aliphatic rings. The molecule has 94 valence electrons.